The zero-order chi connectivity index (χ0) is 26.4. The van der Waals surface area contributed by atoms with Gasteiger partial charge in [0.05, 0.1) is 11.9 Å². The third kappa shape index (κ3) is 5.13. The zero-order valence-corrected chi connectivity index (χ0v) is 22.5. The number of imidazole rings is 1. The summed E-state index contributed by atoms with van der Waals surface area (Å²) < 4.78 is 36.0. The van der Waals surface area contributed by atoms with E-state index < -0.39 is 15.6 Å². The molecule has 8 nitrogen and oxygen atoms in total. The highest BCUT2D eigenvalue weighted by Crippen LogP contribution is 2.50. The van der Waals surface area contributed by atoms with Crippen LogP contribution in [0.4, 0.5) is 5.69 Å². The molecule has 0 saturated heterocycles. The van der Waals surface area contributed by atoms with E-state index in [0.717, 1.165) is 56.1 Å². The molecule has 2 fully saturated rings. The lowest BCUT2D eigenvalue weighted by molar-refractivity contribution is 0.341. The number of aromatic hydroxyl groups is 1. The molecule has 2 heterocycles. The van der Waals surface area contributed by atoms with Crippen molar-refractivity contribution in [1.29, 1.82) is 0 Å². The summed E-state index contributed by atoms with van der Waals surface area (Å²) in [7, 11) is -2.15. The maximum atomic E-state index is 13.6. The average Bonchev–Trinajstić information content (AvgIpc) is 3.80. The summed E-state index contributed by atoms with van der Waals surface area (Å²) in [5, 5.41) is 11.6. The van der Waals surface area contributed by atoms with Crippen LogP contribution in [0.5, 0.6) is 5.75 Å². The first kappa shape index (κ1) is 25.2. The minimum Gasteiger partial charge on any atom is -0.507 e. The molecule has 6 rings (SSSR count). The molecule has 9 heteroatoms. The van der Waals surface area contributed by atoms with Gasteiger partial charge in [0.1, 0.15) is 11.5 Å². The van der Waals surface area contributed by atoms with Crippen LogP contribution in [0.1, 0.15) is 92.1 Å². The molecule has 2 atom stereocenters. The van der Waals surface area contributed by atoms with E-state index in [0.29, 0.717) is 29.3 Å². The largest absolute Gasteiger partial charge is 0.507 e. The van der Waals surface area contributed by atoms with E-state index in [4.69, 9.17) is 4.42 Å². The van der Waals surface area contributed by atoms with Crippen molar-refractivity contribution in [2.45, 2.75) is 81.1 Å². The molecule has 0 radical (unpaired) electrons. The van der Waals surface area contributed by atoms with Gasteiger partial charge in [-0.1, -0.05) is 37.8 Å². The van der Waals surface area contributed by atoms with Gasteiger partial charge in [-0.15, -0.1) is 0 Å². The van der Waals surface area contributed by atoms with E-state index in [9.17, 15) is 18.3 Å². The van der Waals surface area contributed by atoms with Gasteiger partial charge in [0.25, 0.3) is 10.0 Å². The van der Waals surface area contributed by atoms with Gasteiger partial charge in [-0.05, 0) is 68.1 Å². The van der Waals surface area contributed by atoms with Crippen LogP contribution in [-0.2, 0) is 23.5 Å². The van der Waals surface area contributed by atoms with Crippen LogP contribution in [0.2, 0.25) is 0 Å². The predicted octanol–water partition coefficient (Wildman–Crippen LogP) is 5.42. The number of nitrogens with zero attached hydrogens (tertiary/aromatic N) is 2. The van der Waals surface area contributed by atoms with Crippen LogP contribution in [0.15, 0.2) is 51.0 Å². The Bertz CT molecular complexity index is 1500. The Kier molecular flexibility index (Phi) is 6.58. The fraction of sp³-hybridized carbons (Fsp3) is 0.517. The Morgan fingerprint density at radius 3 is 2.68 bits per heavy atom. The minimum atomic E-state index is -3.86. The van der Waals surface area contributed by atoms with E-state index in [2.05, 4.69) is 9.71 Å². The van der Waals surface area contributed by atoms with Gasteiger partial charge in [0.2, 0.25) is 0 Å². The van der Waals surface area contributed by atoms with Crippen molar-refractivity contribution >= 4 is 15.7 Å². The highest BCUT2D eigenvalue weighted by atomic mass is 32.2. The van der Waals surface area contributed by atoms with Gasteiger partial charge < -0.3 is 14.1 Å². The van der Waals surface area contributed by atoms with Crippen molar-refractivity contribution in [3.63, 3.8) is 0 Å². The summed E-state index contributed by atoms with van der Waals surface area (Å²) in [5.41, 5.74) is 1.85. The molecule has 1 aromatic carbocycles. The van der Waals surface area contributed by atoms with Crippen LogP contribution >= 0.6 is 0 Å². The van der Waals surface area contributed by atoms with Crippen molar-refractivity contribution in [1.82, 2.24) is 9.55 Å². The first-order valence-electron chi connectivity index (χ1n) is 13.8. The Labute approximate surface area is 223 Å². The molecule has 3 aliphatic carbocycles. The van der Waals surface area contributed by atoms with Crippen LogP contribution in [0, 0.1) is 11.8 Å². The summed E-state index contributed by atoms with van der Waals surface area (Å²) in [6.45, 7) is 0. The lowest BCUT2D eigenvalue weighted by atomic mass is 9.82. The Morgan fingerprint density at radius 2 is 1.97 bits per heavy atom. The Hall–Kier alpha value is -3.07. The maximum absolute atomic E-state index is 13.6. The second-order valence-corrected chi connectivity index (χ2v) is 13.0. The Balaban J connectivity index is 1.37. The maximum Gasteiger partial charge on any atom is 0.343 e. The third-order valence-electron chi connectivity index (χ3n) is 8.28. The van der Waals surface area contributed by atoms with Crippen LogP contribution in [0.3, 0.4) is 0 Å². The van der Waals surface area contributed by atoms with Gasteiger partial charge in [-0.2, -0.15) is 8.42 Å². The molecule has 0 bridgehead atoms. The molecule has 2 N–H and O–H groups in total. The molecule has 3 aromatic rings. The van der Waals surface area contributed by atoms with E-state index in [1.165, 1.54) is 25.4 Å². The smallest absolute Gasteiger partial charge is 0.343 e. The van der Waals surface area contributed by atoms with Crippen molar-refractivity contribution in [3.8, 4) is 5.75 Å². The molecular weight excluding hydrogens is 502 g/mol. The van der Waals surface area contributed by atoms with Crippen molar-refractivity contribution in [3.05, 3.63) is 69.7 Å². The van der Waals surface area contributed by atoms with Gasteiger partial charge in [-0.3, -0.25) is 4.72 Å². The summed E-state index contributed by atoms with van der Waals surface area (Å²) in [6.07, 6.45) is 13.2. The van der Waals surface area contributed by atoms with Crippen molar-refractivity contribution in [2.24, 2.45) is 18.9 Å². The average molecular weight is 538 g/mol. The molecule has 0 amide bonds. The summed E-state index contributed by atoms with van der Waals surface area (Å²) in [5.74, 6) is 1.53. The number of aryl methyl sites for hydroxylation is 1. The monoisotopic (exact) mass is 537 g/mol. The quantitative estimate of drug-likeness (QED) is 0.396. The number of fused-ring (bicyclic) bond motifs is 1. The molecular formula is C29H35N3O5S. The van der Waals surface area contributed by atoms with Crippen LogP contribution in [-0.4, -0.2) is 23.1 Å². The van der Waals surface area contributed by atoms with Gasteiger partial charge in [-0.25, -0.2) is 9.78 Å². The first-order valence-corrected chi connectivity index (χ1v) is 15.3. The number of hydrogen-bond acceptors (Lipinski definition) is 6. The molecule has 202 valence electrons. The third-order valence-corrected chi connectivity index (χ3v) is 9.55. The topological polar surface area (TPSA) is 114 Å². The van der Waals surface area contributed by atoms with E-state index >= 15 is 0 Å². The summed E-state index contributed by atoms with van der Waals surface area (Å²) >= 11 is 0. The molecule has 0 aliphatic heterocycles. The lowest BCUT2D eigenvalue weighted by Crippen LogP contribution is -2.21. The number of hydrogen-bond donors (Lipinski definition) is 2. The predicted molar refractivity (Wildman–Crippen MR) is 144 cm³/mol. The Morgan fingerprint density at radius 1 is 1.16 bits per heavy atom. The molecule has 3 aliphatic rings. The number of benzene rings is 1. The molecule has 38 heavy (non-hydrogen) atoms. The number of rotatable bonds is 8. The number of anilines is 1. The molecule has 2 saturated carbocycles. The highest BCUT2D eigenvalue weighted by molar-refractivity contribution is 7.92. The van der Waals surface area contributed by atoms with Crippen LogP contribution < -0.4 is 10.3 Å². The summed E-state index contributed by atoms with van der Waals surface area (Å²) in [6, 6.07) is 7.11. The first-order chi connectivity index (χ1) is 18.3. The fourth-order valence-electron chi connectivity index (χ4n) is 6.05. The van der Waals surface area contributed by atoms with Gasteiger partial charge >= 0.3 is 5.63 Å². The fourth-order valence-corrected chi connectivity index (χ4v) is 7.09. The van der Waals surface area contributed by atoms with Crippen molar-refractivity contribution < 1.29 is 17.9 Å². The molecule has 0 unspecified atom stereocenters. The van der Waals surface area contributed by atoms with E-state index in [-0.39, 0.29) is 28.5 Å². The normalized spacial score (nSPS) is 20.8. The lowest BCUT2D eigenvalue weighted by Gasteiger charge is -2.25. The highest BCUT2D eigenvalue weighted by Gasteiger charge is 2.40. The van der Waals surface area contributed by atoms with Crippen LogP contribution in [0.25, 0.3) is 0 Å². The minimum absolute atomic E-state index is 0.0649. The second kappa shape index (κ2) is 9.91. The number of sulfonamides is 1. The second-order valence-electron chi connectivity index (χ2n) is 11.4. The summed E-state index contributed by atoms with van der Waals surface area (Å²) in [4.78, 5) is 17.5. The number of nitrogens with one attached hydrogen (secondary N) is 1. The van der Waals surface area contributed by atoms with E-state index in [1.807, 2.05) is 6.07 Å². The number of aromatic nitrogens is 2. The van der Waals surface area contributed by atoms with Gasteiger partial charge in [0, 0.05) is 36.3 Å². The van der Waals surface area contributed by atoms with Crippen molar-refractivity contribution in [2.75, 3.05) is 4.72 Å². The standard InChI is InChI=1S/C29H35N3O5S/c1-32-16-24(30-17-32)38(35,36)31-22-8-5-7-20(15-22)25(19-12-13-19)26-27(33)23-9-4-2-3-6-21(14-18-10-11-18)28(23)37-29(26)34/h5,7-8,15-19,21,25,31,33H,2-4,6,9-14H2,1H3/t21-,25-/m1/s1. The zero-order valence-electron chi connectivity index (χ0n) is 21.7. The van der Waals surface area contributed by atoms with Gasteiger partial charge in [0.15, 0.2) is 5.03 Å². The molecule has 2 aromatic heterocycles. The SMILES string of the molecule is Cn1cnc(S(=O)(=O)Nc2cccc([C@H](c3c(O)c4c(oc3=O)[C@@H](CC3CC3)CCCCC4)C3CC3)c2)c1. The molecule has 0 spiro atoms. The van der Waals surface area contributed by atoms with E-state index in [1.54, 1.807) is 29.8 Å².